The van der Waals surface area contributed by atoms with Crippen LogP contribution in [0.1, 0.15) is 15.9 Å². The lowest BCUT2D eigenvalue weighted by molar-refractivity contribution is 0.103. The summed E-state index contributed by atoms with van der Waals surface area (Å²) in [4.78, 5) is 12.7. The first-order chi connectivity index (χ1) is 9.56. The minimum atomic E-state index is -0.0912. The molecule has 3 nitrogen and oxygen atoms in total. The van der Waals surface area contributed by atoms with Crippen molar-refractivity contribution in [1.29, 1.82) is 0 Å². The molecule has 2 rings (SSSR count). The van der Waals surface area contributed by atoms with Crippen LogP contribution < -0.4 is 9.47 Å². The second-order valence-electron chi connectivity index (χ2n) is 4.02. The van der Waals surface area contributed by atoms with Gasteiger partial charge < -0.3 is 9.47 Å². The molecule has 2 aromatic carbocycles. The highest BCUT2D eigenvalue weighted by atomic mass is 127. The largest absolute Gasteiger partial charge is 0.497 e. The van der Waals surface area contributed by atoms with E-state index in [1.807, 2.05) is 18.2 Å². The molecule has 0 heterocycles. The Morgan fingerprint density at radius 2 is 1.80 bits per heavy atom. The van der Waals surface area contributed by atoms with E-state index in [1.54, 1.807) is 32.4 Å². The summed E-state index contributed by atoms with van der Waals surface area (Å²) in [5.74, 6) is 1.07. The Bertz CT molecular complexity index is 656. The van der Waals surface area contributed by atoms with E-state index in [0.29, 0.717) is 22.6 Å². The molecule has 0 N–H and O–H groups in total. The van der Waals surface area contributed by atoms with Crippen LogP contribution in [0.2, 0.25) is 0 Å². The number of ether oxygens (including phenoxy) is 2. The first-order valence-electron chi connectivity index (χ1n) is 5.78. The van der Waals surface area contributed by atoms with Gasteiger partial charge in [-0.25, -0.2) is 0 Å². The zero-order valence-electron chi connectivity index (χ0n) is 10.9. The number of rotatable bonds is 4. The number of hydrogen-bond acceptors (Lipinski definition) is 3. The summed E-state index contributed by atoms with van der Waals surface area (Å²) in [6, 6.07) is 10.8. The van der Waals surface area contributed by atoms with Gasteiger partial charge in [0, 0.05) is 13.6 Å². The van der Waals surface area contributed by atoms with Crippen LogP contribution in [0.3, 0.4) is 0 Å². The van der Waals surface area contributed by atoms with Crippen LogP contribution in [0.4, 0.5) is 0 Å². The highest BCUT2D eigenvalue weighted by molar-refractivity contribution is 14.1. The van der Waals surface area contributed by atoms with Crippen molar-refractivity contribution in [3.05, 3.63) is 55.6 Å². The Kier molecular flexibility index (Phi) is 5.04. The Hall–Kier alpha value is -1.08. The smallest absolute Gasteiger partial charge is 0.197 e. The summed E-state index contributed by atoms with van der Waals surface area (Å²) in [7, 11) is 3.11. The molecule has 5 heteroatoms. The van der Waals surface area contributed by atoms with Crippen LogP contribution in [0.15, 0.2) is 40.9 Å². The maximum absolute atomic E-state index is 12.7. The van der Waals surface area contributed by atoms with Crippen LogP contribution in [0.5, 0.6) is 11.5 Å². The Morgan fingerprint density at radius 3 is 2.45 bits per heavy atom. The Balaban J connectivity index is 2.54. The summed E-state index contributed by atoms with van der Waals surface area (Å²) in [6.45, 7) is 0. The molecule has 0 saturated carbocycles. The molecule has 0 radical (unpaired) electrons. The number of ketones is 1. The van der Waals surface area contributed by atoms with Crippen molar-refractivity contribution in [2.24, 2.45) is 0 Å². The van der Waals surface area contributed by atoms with E-state index in [-0.39, 0.29) is 5.78 Å². The summed E-state index contributed by atoms with van der Waals surface area (Å²) in [5, 5.41) is 0. The molecule has 0 saturated heterocycles. The zero-order valence-corrected chi connectivity index (χ0v) is 14.7. The quantitative estimate of drug-likeness (QED) is 0.518. The lowest BCUT2D eigenvalue weighted by Gasteiger charge is -2.11. The predicted octanol–water partition coefficient (Wildman–Crippen LogP) is 4.30. The van der Waals surface area contributed by atoms with E-state index in [4.69, 9.17) is 9.47 Å². The lowest BCUT2D eigenvalue weighted by atomic mass is 10.0. The molecule has 0 aliphatic heterocycles. The molecule has 20 heavy (non-hydrogen) atoms. The van der Waals surface area contributed by atoms with Gasteiger partial charge in [0.2, 0.25) is 0 Å². The van der Waals surface area contributed by atoms with Gasteiger partial charge in [0.25, 0.3) is 0 Å². The maximum Gasteiger partial charge on any atom is 0.197 e. The van der Waals surface area contributed by atoms with Crippen molar-refractivity contribution in [2.75, 3.05) is 14.2 Å². The summed E-state index contributed by atoms with van der Waals surface area (Å²) in [6.07, 6.45) is 0. The van der Waals surface area contributed by atoms with Gasteiger partial charge in [-0.05, 0) is 59.0 Å². The first kappa shape index (κ1) is 15.3. The fourth-order valence-corrected chi connectivity index (χ4v) is 2.75. The number of halogens is 2. The third-order valence-corrected chi connectivity index (χ3v) is 4.26. The minimum Gasteiger partial charge on any atom is -0.497 e. The molecule has 0 amide bonds. The normalized spacial score (nSPS) is 10.2. The number of benzene rings is 2. The predicted molar refractivity (Wildman–Crippen MR) is 89.8 cm³/mol. The number of carbonyl (C=O) groups is 1. The second-order valence-corrected chi connectivity index (χ2v) is 6.10. The molecule has 0 bridgehead atoms. The van der Waals surface area contributed by atoms with Gasteiger partial charge in [-0.15, -0.1) is 0 Å². The van der Waals surface area contributed by atoms with E-state index in [9.17, 15) is 4.79 Å². The van der Waals surface area contributed by atoms with Crippen LogP contribution in [0, 0.1) is 3.57 Å². The van der Waals surface area contributed by atoms with Crippen molar-refractivity contribution in [3.63, 3.8) is 0 Å². The molecule has 0 aliphatic carbocycles. The molecule has 0 unspecified atom stereocenters. The van der Waals surface area contributed by atoms with Gasteiger partial charge >= 0.3 is 0 Å². The third kappa shape index (κ3) is 3.15. The van der Waals surface area contributed by atoms with Gasteiger partial charge in [-0.2, -0.15) is 0 Å². The summed E-state index contributed by atoms with van der Waals surface area (Å²) >= 11 is 5.54. The van der Waals surface area contributed by atoms with Crippen molar-refractivity contribution >= 4 is 44.3 Å². The van der Waals surface area contributed by atoms with Crippen molar-refractivity contribution in [2.45, 2.75) is 0 Å². The van der Waals surface area contributed by atoms with Gasteiger partial charge in [0.1, 0.15) is 11.5 Å². The van der Waals surface area contributed by atoms with Gasteiger partial charge in [-0.1, -0.05) is 15.9 Å². The van der Waals surface area contributed by atoms with E-state index in [1.165, 1.54) is 0 Å². The first-order valence-corrected chi connectivity index (χ1v) is 7.65. The molecule has 0 atom stereocenters. The summed E-state index contributed by atoms with van der Waals surface area (Å²) in [5.41, 5.74) is 1.12. The summed E-state index contributed by atoms with van der Waals surface area (Å²) < 4.78 is 12.2. The minimum absolute atomic E-state index is 0.0912. The maximum atomic E-state index is 12.7. The number of hydrogen-bond donors (Lipinski definition) is 0. The van der Waals surface area contributed by atoms with Gasteiger partial charge in [0.05, 0.1) is 19.8 Å². The van der Waals surface area contributed by atoms with E-state index in [2.05, 4.69) is 38.5 Å². The van der Waals surface area contributed by atoms with Crippen LogP contribution in [0.25, 0.3) is 0 Å². The van der Waals surface area contributed by atoms with E-state index >= 15 is 0 Å². The lowest BCUT2D eigenvalue weighted by Crippen LogP contribution is -2.06. The number of methoxy groups -OCH3 is 2. The average molecular weight is 447 g/mol. The topological polar surface area (TPSA) is 35.5 Å². The van der Waals surface area contributed by atoms with Crippen molar-refractivity contribution in [1.82, 2.24) is 0 Å². The average Bonchev–Trinajstić information content (AvgIpc) is 2.48. The monoisotopic (exact) mass is 446 g/mol. The van der Waals surface area contributed by atoms with Crippen molar-refractivity contribution in [3.8, 4) is 11.5 Å². The standard InChI is InChI=1S/C15H12BrIO3/c1-19-10-4-6-14(20-2)12(8-10)15(18)11-7-9(16)3-5-13(11)17/h3-8H,1-2H3. The molecule has 0 aliphatic rings. The van der Waals surface area contributed by atoms with Crippen LogP contribution >= 0.6 is 38.5 Å². The second kappa shape index (κ2) is 6.58. The molecule has 0 fully saturated rings. The Morgan fingerprint density at radius 1 is 1.05 bits per heavy atom. The molecule has 0 aromatic heterocycles. The fraction of sp³-hybridized carbons (Fsp3) is 0.133. The van der Waals surface area contributed by atoms with Crippen LogP contribution in [-0.2, 0) is 0 Å². The SMILES string of the molecule is COc1ccc(OC)c(C(=O)c2cc(Br)ccc2I)c1. The fourth-order valence-electron chi connectivity index (χ4n) is 1.81. The van der Waals surface area contributed by atoms with E-state index < -0.39 is 0 Å². The molecular formula is C15H12BrIO3. The molecular weight excluding hydrogens is 435 g/mol. The highest BCUT2D eigenvalue weighted by Gasteiger charge is 2.18. The molecule has 104 valence electrons. The molecule has 0 spiro atoms. The van der Waals surface area contributed by atoms with Crippen LogP contribution in [-0.4, -0.2) is 20.0 Å². The third-order valence-electron chi connectivity index (χ3n) is 2.82. The molecule has 2 aromatic rings. The highest BCUT2D eigenvalue weighted by Crippen LogP contribution is 2.28. The Labute approximate surface area is 139 Å². The van der Waals surface area contributed by atoms with Gasteiger partial charge in [0.15, 0.2) is 5.78 Å². The van der Waals surface area contributed by atoms with E-state index in [0.717, 1.165) is 8.04 Å². The van der Waals surface area contributed by atoms with Gasteiger partial charge in [-0.3, -0.25) is 4.79 Å². The number of carbonyl (C=O) groups excluding carboxylic acids is 1. The van der Waals surface area contributed by atoms with Crippen molar-refractivity contribution < 1.29 is 14.3 Å². The zero-order chi connectivity index (χ0) is 14.7.